The summed E-state index contributed by atoms with van der Waals surface area (Å²) in [5.41, 5.74) is 4.11. The number of benzene rings is 2. The number of hydrogen-bond donors (Lipinski definition) is 2. The fourth-order valence-electron chi connectivity index (χ4n) is 8.03. The van der Waals surface area contributed by atoms with E-state index < -0.39 is 11.6 Å². The van der Waals surface area contributed by atoms with Crippen LogP contribution in [0.15, 0.2) is 60.9 Å². The summed E-state index contributed by atoms with van der Waals surface area (Å²) in [7, 11) is 0. The van der Waals surface area contributed by atoms with Crippen LogP contribution in [0.5, 0.6) is 0 Å². The quantitative estimate of drug-likeness (QED) is 0.0838. The summed E-state index contributed by atoms with van der Waals surface area (Å²) in [6.07, 6.45) is 16.5. The molecule has 3 aliphatic heterocycles. The molecule has 3 aliphatic rings. The molecule has 9 nitrogen and oxygen atoms in total. The second-order valence-corrected chi connectivity index (χ2v) is 14.7. The van der Waals surface area contributed by atoms with E-state index in [0.29, 0.717) is 30.0 Å². The largest absolute Gasteiger partial charge is 0.374 e. The lowest BCUT2D eigenvalue weighted by atomic mass is 9.89. The molecule has 0 saturated carbocycles. The molecule has 3 fully saturated rings. The van der Waals surface area contributed by atoms with Gasteiger partial charge in [0.2, 0.25) is 11.8 Å². The first-order valence-electron chi connectivity index (χ1n) is 19.4. The second kappa shape index (κ2) is 17.3. The van der Waals surface area contributed by atoms with Crippen LogP contribution in [0, 0.1) is 23.5 Å². The predicted octanol–water partition coefficient (Wildman–Crippen LogP) is 7.53. The SMILES string of the molecule is O=C1CCC(Nc2ccc(C3CCN(CCCCCCCCC#Cc4cnn5ccc(N6CCC[C@@H]6c6cc(F)ccc6F)nc45)CC3)cc2)C(=O)N1. The maximum atomic E-state index is 14.6. The number of aromatic nitrogens is 3. The zero-order valence-corrected chi connectivity index (χ0v) is 30.3. The molecular formula is C42H49F2N7O2. The molecule has 5 heterocycles. The molecule has 0 bridgehead atoms. The van der Waals surface area contributed by atoms with Gasteiger partial charge in [0, 0.05) is 36.8 Å². The minimum Gasteiger partial charge on any atom is -0.374 e. The van der Waals surface area contributed by atoms with E-state index >= 15 is 0 Å². The van der Waals surface area contributed by atoms with Gasteiger partial charge in [-0.05, 0) is 112 Å². The van der Waals surface area contributed by atoms with Gasteiger partial charge in [0.25, 0.3) is 0 Å². The number of rotatable bonds is 13. The smallest absolute Gasteiger partial charge is 0.249 e. The molecule has 2 aromatic heterocycles. The van der Waals surface area contributed by atoms with E-state index in [2.05, 4.69) is 61.6 Å². The van der Waals surface area contributed by atoms with E-state index in [9.17, 15) is 18.4 Å². The lowest BCUT2D eigenvalue weighted by Gasteiger charge is -2.32. The highest BCUT2D eigenvalue weighted by molar-refractivity contribution is 6.01. The maximum Gasteiger partial charge on any atom is 0.249 e. The van der Waals surface area contributed by atoms with Crippen LogP contribution in [0.25, 0.3) is 5.65 Å². The van der Waals surface area contributed by atoms with E-state index in [1.165, 1.54) is 69.2 Å². The van der Waals surface area contributed by atoms with Crippen LogP contribution in [-0.2, 0) is 9.59 Å². The van der Waals surface area contributed by atoms with Gasteiger partial charge >= 0.3 is 0 Å². The molecule has 2 amide bonds. The fraction of sp³-hybridized carbons (Fsp3) is 0.476. The Morgan fingerprint density at radius 1 is 0.887 bits per heavy atom. The number of nitrogens with one attached hydrogen (secondary N) is 2. The Bertz CT molecular complexity index is 1940. The van der Waals surface area contributed by atoms with Crippen molar-refractivity contribution in [3.63, 3.8) is 0 Å². The molecule has 2 N–H and O–H groups in total. The van der Waals surface area contributed by atoms with Crippen LogP contribution in [-0.4, -0.2) is 63.5 Å². The van der Waals surface area contributed by atoms with Crippen molar-refractivity contribution in [2.24, 2.45) is 0 Å². The summed E-state index contributed by atoms with van der Waals surface area (Å²) >= 11 is 0. The van der Waals surface area contributed by atoms with E-state index in [1.54, 1.807) is 10.7 Å². The van der Waals surface area contributed by atoms with E-state index in [1.807, 2.05) is 12.3 Å². The minimum atomic E-state index is -0.432. The highest BCUT2D eigenvalue weighted by Crippen LogP contribution is 2.37. The normalized spacial score (nSPS) is 19.7. The number of imide groups is 1. The maximum absolute atomic E-state index is 14.6. The average molecular weight is 722 g/mol. The van der Waals surface area contributed by atoms with Gasteiger partial charge in [0.05, 0.1) is 17.8 Å². The molecule has 11 heteroatoms. The van der Waals surface area contributed by atoms with Crippen molar-refractivity contribution in [2.75, 3.05) is 36.4 Å². The third-order valence-corrected chi connectivity index (χ3v) is 11.0. The summed E-state index contributed by atoms with van der Waals surface area (Å²) in [6.45, 7) is 4.17. The number of piperidine rings is 2. The van der Waals surface area contributed by atoms with Gasteiger partial charge < -0.3 is 15.1 Å². The summed E-state index contributed by atoms with van der Waals surface area (Å²) in [6, 6.07) is 13.4. The molecule has 278 valence electrons. The number of carbonyl (C=O) groups excluding carboxylic acids is 2. The molecule has 53 heavy (non-hydrogen) atoms. The first-order valence-corrected chi connectivity index (χ1v) is 19.4. The van der Waals surface area contributed by atoms with Crippen molar-refractivity contribution < 1.29 is 18.4 Å². The standard InChI is InChI=1S/C42H49F2N7O2/c43-33-14-17-36(44)35(28-33)38-11-9-24-50(38)39-22-27-51-41(47-39)32(29-45-51)10-7-5-3-1-2-4-6-8-23-49-25-20-31(21-26-49)30-12-15-34(16-13-30)46-37-18-19-40(52)48-42(37)53/h12-17,22,27-29,31,37-38,46H,1-6,8-9,11,18-21,23-26H2,(H,48,52,53)/t37?,38-/m1/s1. The number of halogens is 2. The lowest BCUT2D eigenvalue weighted by molar-refractivity contribution is -0.133. The summed E-state index contributed by atoms with van der Waals surface area (Å²) in [4.78, 5) is 33.0. The molecule has 7 rings (SSSR count). The van der Waals surface area contributed by atoms with Gasteiger partial charge in [-0.25, -0.2) is 18.3 Å². The van der Waals surface area contributed by atoms with Crippen LogP contribution in [0.2, 0.25) is 0 Å². The molecule has 0 aliphatic carbocycles. The Kier molecular flexibility index (Phi) is 12.0. The van der Waals surface area contributed by atoms with Crippen LogP contribution < -0.4 is 15.5 Å². The first kappa shape index (κ1) is 36.5. The molecule has 0 spiro atoms. The molecule has 3 saturated heterocycles. The Morgan fingerprint density at radius 2 is 1.68 bits per heavy atom. The van der Waals surface area contributed by atoms with E-state index in [4.69, 9.17) is 4.98 Å². The Balaban J connectivity index is 0.775. The van der Waals surface area contributed by atoms with Gasteiger partial charge in [-0.1, -0.05) is 49.7 Å². The van der Waals surface area contributed by atoms with Crippen LogP contribution in [0.1, 0.15) is 112 Å². The molecule has 0 radical (unpaired) electrons. The number of nitrogens with zero attached hydrogens (tertiary/aromatic N) is 5. The molecule has 4 aromatic rings. The number of carbonyl (C=O) groups is 2. The topological polar surface area (TPSA) is 94.9 Å². The van der Waals surface area contributed by atoms with Crippen molar-refractivity contribution in [1.82, 2.24) is 24.8 Å². The van der Waals surface area contributed by atoms with Crippen molar-refractivity contribution in [2.45, 2.75) is 101 Å². The third kappa shape index (κ3) is 9.22. The lowest BCUT2D eigenvalue weighted by Crippen LogP contribution is -2.47. The average Bonchev–Trinajstić information content (AvgIpc) is 3.82. The third-order valence-electron chi connectivity index (χ3n) is 11.0. The fourth-order valence-corrected chi connectivity index (χ4v) is 8.03. The van der Waals surface area contributed by atoms with Crippen molar-refractivity contribution in [3.8, 4) is 11.8 Å². The van der Waals surface area contributed by atoms with Gasteiger partial charge in [-0.2, -0.15) is 5.10 Å². The number of likely N-dealkylation sites (tertiary alicyclic amines) is 1. The zero-order chi connectivity index (χ0) is 36.6. The number of hydrogen-bond acceptors (Lipinski definition) is 7. The van der Waals surface area contributed by atoms with Crippen LogP contribution in [0.4, 0.5) is 20.3 Å². The molecule has 2 atom stereocenters. The van der Waals surface area contributed by atoms with Crippen LogP contribution in [0.3, 0.4) is 0 Å². The zero-order valence-electron chi connectivity index (χ0n) is 30.3. The predicted molar refractivity (Wildman–Crippen MR) is 203 cm³/mol. The van der Waals surface area contributed by atoms with Crippen molar-refractivity contribution in [3.05, 3.63) is 89.2 Å². The molecule has 1 unspecified atom stereocenters. The van der Waals surface area contributed by atoms with Gasteiger partial charge in [0.1, 0.15) is 23.5 Å². The van der Waals surface area contributed by atoms with E-state index in [0.717, 1.165) is 68.5 Å². The van der Waals surface area contributed by atoms with Crippen LogP contribution >= 0.6 is 0 Å². The number of fused-ring (bicyclic) bond motifs is 1. The molecular weight excluding hydrogens is 673 g/mol. The van der Waals surface area contributed by atoms with Crippen molar-refractivity contribution >= 4 is 29.0 Å². The minimum absolute atomic E-state index is 0.195. The van der Waals surface area contributed by atoms with Crippen molar-refractivity contribution in [1.29, 1.82) is 0 Å². The summed E-state index contributed by atoms with van der Waals surface area (Å²) in [5.74, 6) is 6.62. The van der Waals surface area contributed by atoms with Gasteiger partial charge in [0.15, 0.2) is 5.65 Å². The Morgan fingerprint density at radius 3 is 2.49 bits per heavy atom. The highest BCUT2D eigenvalue weighted by Gasteiger charge is 2.30. The highest BCUT2D eigenvalue weighted by atomic mass is 19.1. The second-order valence-electron chi connectivity index (χ2n) is 14.7. The monoisotopic (exact) mass is 721 g/mol. The van der Waals surface area contributed by atoms with Gasteiger partial charge in [-0.3, -0.25) is 14.9 Å². The Labute approximate surface area is 310 Å². The molecule has 2 aromatic carbocycles. The first-order chi connectivity index (χ1) is 25.9. The van der Waals surface area contributed by atoms with Gasteiger partial charge in [-0.15, -0.1) is 0 Å². The number of unbranched alkanes of at least 4 members (excludes halogenated alkanes) is 6. The summed E-state index contributed by atoms with van der Waals surface area (Å²) in [5, 5.41) is 10.1. The number of amides is 2. The number of anilines is 2. The Hall–Kier alpha value is -4.82. The van der Waals surface area contributed by atoms with E-state index in [-0.39, 0.29) is 23.9 Å². The summed E-state index contributed by atoms with van der Waals surface area (Å²) < 4.78 is 30.3.